The molecule has 0 spiro atoms. The standard InChI is InChI=1S/C20H37F.C2H6/c1-14(2)5-8-16(4)18-11-12-19(20(21)13-18)17-9-6-15(3)7-10-17;1-2/h14-20H,5-13H2,1-4H3;1-2H3. The molecule has 0 aromatic rings. The lowest BCUT2D eigenvalue weighted by molar-refractivity contribution is 0.0445. The van der Waals surface area contributed by atoms with Gasteiger partial charge >= 0.3 is 0 Å². The summed E-state index contributed by atoms with van der Waals surface area (Å²) in [5.41, 5.74) is 0. The molecule has 2 rings (SSSR count). The van der Waals surface area contributed by atoms with Gasteiger partial charge in [-0.3, -0.25) is 0 Å². The number of halogens is 1. The molecule has 0 nitrogen and oxygen atoms in total. The maximum absolute atomic E-state index is 14.7. The van der Waals surface area contributed by atoms with Gasteiger partial charge in [0.25, 0.3) is 0 Å². The third-order valence-electron chi connectivity index (χ3n) is 6.53. The average Bonchev–Trinajstić information content (AvgIpc) is 2.55. The van der Waals surface area contributed by atoms with Crippen molar-refractivity contribution in [3.8, 4) is 0 Å². The summed E-state index contributed by atoms with van der Waals surface area (Å²) in [6.07, 6.45) is 10.6. The van der Waals surface area contributed by atoms with Crippen LogP contribution in [0.3, 0.4) is 0 Å². The predicted molar refractivity (Wildman–Crippen MR) is 101 cm³/mol. The Morgan fingerprint density at radius 2 is 1.48 bits per heavy atom. The summed E-state index contributed by atoms with van der Waals surface area (Å²) in [4.78, 5) is 0. The fraction of sp³-hybridized carbons (Fsp3) is 1.00. The van der Waals surface area contributed by atoms with Crippen molar-refractivity contribution >= 4 is 0 Å². The molecule has 0 saturated heterocycles. The monoisotopic (exact) mass is 326 g/mol. The molecule has 0 aromatic carbocycles. The molecular weight excluding hydrogens is 283 g/mol. The van der Waals surface area contributed by atoms with E-state index < -0.39 is 6.17 Å². The Kier molecular flexibility index (Phi) is 9.78. The van der Waals surface area contributed by atoms with Crippen LogP contribution in [0.5, 0.6) is 0 Å². The summed E-state index contributed by atoms with van der Waals surface area (Å²) < 4.78 is 14.7. The van der Waals surface area contributed by atoms with Crippen LogP contribution in [0.1, 0.15) is 99.3 Å². The van der Waals surface area contributed by atoms with E-state index in [-0.39, 0.29) is 0 Å². The quantitative estimate of drug-likeness (QED) is 0.486. The first-order valence-electron chi connectivity index (χ1n) is 10.6. The molecule has 23 heavy (non-hydrogen) atoms. The van der Waals surface area contributed by atoms with Crippen LogP contribution in [0.15, 0.2) is 0 Å². The van der Waals surface area contributed by atoms with Crippen molar-refractivity contribution < 1.29 is 4.39 Å². The highest BCUT2D eigenvalue weighted by Crippen LogP contribution is 2.44. The SMILES string of the molecule is CC.CC(C)CCC(C)C1CCC(C2CCC(C)CC2)C(F)C1. The Morgan fingerprint density at radius 1 is 0.870 bits per heavy atom. The molecule has 0 heterocycles. The average molecular weight is 327 g/mol. The first-order valence-corrected chi connectivity index (χ1v) is 10.6. The molecule has 2 fully saturated rings. The largest absolute Gasteiger partial charge is 0.247 e. The molecule has 138 valence electrons. The summed E-state index contributed by atoms with van der Waals surface area (Å²) in [5, 5.41) is 0. The first-order chi connectivity index (χ1) is 11.0. The van der Waals surface area contributed by atoms with E-state index in [4.69, 9.17) is 0 Å². The second-order valence-electron chi connectivity index (χ2n) is 8.72. The fourth-order valence-corrected chi connectivity index (χ4v) is 4.76. The molecule has 0 N–H and O–H groups in total. The lowest BCUT2D eigenvalue weighted by Gasteiger charge is -2.41. The molecular formula is C22H43F. The highest BCUT2D eigenvalue weighted by Gasteiger charge is 2.38. The molecule has 0 bridgehead atoms. The minimum Gasteiger partial charge on any atom is -0.247 e. The molecule has 0 aromatic heterocycles. The number of hydrogen-bond donors (Lipinski definition) is 0. The van der Waals surface area contributed by atoms with Crippen molar-refractivity contribution in [1.29, 1.82) is 0 Å². The Hall–Kier alpha value is -0.0700. The minimum atomic E-state index is -0.511. The van der Waals surface area contributed by atoms with Gasteiger partial charge in [0.2, 0.25) is 0 Å². The van der Waals surface area contributed by atoms with Crippen LogP contribution in [0, 0.1) is 35.5 Å². The third-order valence-corrected chi connectivity index (χ3v) is 6.53. The van der Waals surface area contributed by atoms with Gasteiger partial charge in [-0.2, -0.15) is 0 Å². The maximum atomic E-state index is 14.7. The Balaban J connectivity index is 0.00000127. The lowest BCUT2D eigenvalue weighted by Crippen LogP contribution is -2.35. The first kappa shape index (κ1) is 21.0. The Bertz CT molecular complexity index is 290. The topological polar surface area (TPSA) is 0 Å². The van der Waals surface area contributed by atoms with Gasteiger partial charge in [-0.1, -0.05) is 67.2 Å². The van der Waals surface area contributed by atoms with Crippen LogP contribution in [-0.4, -0.2) is 6.17 Å². The zero-order valence-electron chi connectivity index (χ0n) is 16.8. The van der Waals surface area contributed by atoms with Crippen LogP contribution >= 0.6 is 0 Å². The zero-order chi connectivity index (χ0) is 17.4. The van der Waals surface area contributed by atoms with Gasteiger partial charge in [0.05, 0.1) is 0 Å². The summed E-state index contributed by atoms with van der Waals surface area (Å²) in [5.74, 6) is 4.13. The van der Waals surface area contributed by atoms with E-state index in [1.165, 1.54) is 44.9 Å². The Labute approximate surface area is 146 Å². The molecule has 1 heteroatoms. The maximum Gasteiger partial charge on any atom is 0.103 e. The smallest absolute Gasteiger partial charge is 0.103 e. The van der Waals surface area contributed by atoms with E-state index >= 15 is 0 Å². The summed E-state index contributed by atoms with van der Waals surface area (Å²) >= 11 is 0. The Morgan fingerprint density at radius 3 is 2.00 bits per heavy atom. The second kappa shape index (κ2) is 10.7. The molecule has 2 aliphatic rings. The van der Waals surface area contributed by atoms with Crippen molar-refractivity contribution in [2.24, 2.45) is 35.5 Å². The van der Waals surface area contributed by atoms with Crippen LogP contribution in [0.4, 0.5) is 4.39 Å². The number of hydrogen-bond acceptors (Lipinski definition) is 0. The molecule has 2 saturated carbocycles. The highest BCUT2D eigenvalue weighted by atomic mass is 19.1. The van der Waals surface area contributed by atoms with Crippen molar-refractivity contribution in [1.82, 2.24) is 0 Å². The summed E-state index contributed by atoms with van der Waals surface area (Å²) in [7, 11) is 0. The van der Waals surface area contributed by atoms with Crippen LogP contribution < -0.4 is 0 Å². The lowest BCUT2D eigenvalue weighted by atomic mass is 9.66. The van der Waals surface area contributed by atoms with Gasteiger partial charge in [-0.25, -0.2) is 4.39 Å². The molecule has 4 unspecified atom stereocenters. The van der Waals surface area contributed by atoms with Crippen LogP contribution in [-0.2, 0) is 0 Å². The van der Waals surface area contributed by atoms with Crippen molar-refractivity contribution in [3.63, 3.8) is 0 Å². The van der Waals surface area contributed by atoms with E-state index in [9.17, 15) is 4.39 Å². The molecule has 0 aliphatic heterocycles. The van der Waals surface area contributed by atoms with Crippen LogP contribution in [0.2, 0.25) is 0 Å². The number of rotatable bonds is 5. The number of alkyl halides is 1. The van der Waals surface area contributed by atoms with Gasteiger partial charge in [0.15, 0.2) is 0 Å². The molecule has 4 atom stereocenters. The van der Waals surface area contributed by atoms with Crippen LogP contribution in [0.25, 0.3) is 0 Å². The van der Waals surface area contributed by atoms with E-state index in [1.807, 2.05) is 13.8 Å². The van der Waals surface area contributed by atoms with Crippen molar-refractivity contribution in [2.45, 2.75) is 106 Å². The fourth-order valence-electron chi connectivity index (χ4n) is 4.76. The van der Waals surface area contributed by atoms with Gasteiger partial charge in [-0.05, 0) is 67.6 Å². The summed E-state index contributed by atoms with van der Waals surface area (Å²) in [6, 6.07) is 0. The van der Waals surface area contributed by atoms with Crippen molar-refractivity contribution in [2.75, 3.05) is 0 Å². The van der Waals surface area contributed by atoms with Gasteiger partial charge in [0.1, 0.15) is 6.17 Å². The highest BCUT2D eigenvalue weighted by molar-refractivity contribution is 4.88. The van der Waals surface area contributed by atoms with Gasteiger partial charge in [-0.15, -0.1) is 0 Å². The predicted octanol–water partition coefficient (Wildman–Crippen LogP) is 7.67. The third kappa shape index (κ3) is 6.75. The summed E-state index contributed by atoms with van der Waals surface area (Å²) in [6.45, 7) is 13.3. The molecule has 0 radical (unpaired) electrons. The van der Waals surface area contributed by atoms with E-state index in [2.05, 4.69) is 27.7 Å². The minimum absolute atomic E-state index is 0.394. The van der Waals surface area contributed by atoms with E-state index in [0.717, 1.165) is 30.6 Å². The molecule has 0 amide bonds. The van der Waals surface area contributed by atoms with Crippen molar-refractivity contribution in [3.05, 3.63) is 0 Å². The van der Waals surface area contributed by atoms with Gasteiger partial charge < -0.3 is 0 Å². The second-order valence-corrected chi connectivity index (χ2v) is 8.72. The zero-order valence-corrected chi connectivity index (χ0v) is 16.8. The molecule has 2 aliphatic carbocycles. The van der Waals surface area contributed by atoms with Gasteiger partial charge in [0, 0.05) is 0 Å². The van der Waals surface area contributed by atoms with E-state index in [1.54, 1.807) is 0 Å². The van der Waals surface area contributed by atoms with E-state index in [0.29, 0.717) is 17.8 Å². The normalized spacial score (nSPS) is 36.3.